The SMILES string of the molecule is CC(O)Cn1[nH]c2c(c1=O)COCC2. The summed E-state index contributed by atoms with van der Waals surface area (Å²) in [5.41, 5.74) is 1.58. The first kappa shape index (κ1) is 9.48. The Morgan fingerprint density at radius 1 is 1.71 bits per heavy atom. The van der Waals surface area contributed by atoms with Crippen LogP contribution in [0.2, 0.25) is 0 Å². The second kappa shape index (κ2) is 3.59. The Morgan fingerprint density at radius 2 is 2.50 bits per heavy atom. The number of aliphatic hydroxyl groups excluding tert-OH is 1. The van der Waals surface area contributed by atoms with Crippen molar-refractivity contribution in [2.24, 2.45) is 0 Å². The fourth-order valence-electron chi connectivity index (χ4n) is 1.67. The van der Waals surface area contributed by atoms with Crippen molar-refractivity contribution in [1.29, 1.82) is 0 Å². The molecule has 2 heterocycles. The summed E-state index contributed by atoms with van der Waals surface area (Å²) in [7, 11) is 0. The lowest BCUT2D eigenvalue weighted by Gasteiger charge is -2.08. The van der Waals surface area contributed by atoms with E-state index < -0.39 is 6.10 Å². The highest BCUT2D eigenvalue weighted by molar-refractivity contribution is 5.18. The first-order chi connectivity index (χ1) is 6.68. The first-order valence-electron chi connectivity index (χ1n) is 4.75. The maximum absolute atomic E-state index is 11.7. The van der Waals surface area contributed by atoms with Gasteiger partial charge in [0.2, 0.25) is 0 Å². The molecule has 0 fully saturated rings. The molecule has 0 saturated carbocycles. The number of aliphatic hydroxyl groups is 1. The second-order valence-electron chi connectivity index (χ2n) is 3.64. The van der Waals surface area contributed by atoms with Crippen LogP contribution < -0.4 is 5.56 Å². The van der Waals surface area contributed by atoms with Gasteiger partial charge in [0.05, 0.1) is 31.4 Å². The molecule has 0 aromatic carbocycles. The van der Waals surface area contributed by atoms with Crippen molar-refractivity contribution in [2.45, 2.75) is 32.6 Å². The van der Waals surface area contributed by atoms with E-state index in [1.54, 1.807) is 6.92 Å². The van der Waals surface area contributed by atoms with E-state index in [1.165, 1.54) is 4.68 Å². The molecule has 78 valence electrons. The van der Waals surface area contributed by atoms with Gasteiger partial charge in [-0.3, -0.25) is 14.6 Å². The van der Waals surface area contributed by atoms with E-state index in [0.717, 1.165) is 12.1 Å². The quantitative estimate of drug-likeness (QED) is 0.681. The normalized spacial score (nSPS) is 17.9. The molecular weight excluding hydrogens is 184 g/mol. The van der Waals surface area contributed by atoms with Crippen molar-refractivity contribution in [3.05, 3.63) is 21.6 Å². The van der Waals surface area contributed by atoms with Crippen molar-refractivity contribution < 1.29 is 9.84 Å². The Morgan fingerprint density at radius 3 is 3.14 bits per heavy atom. The minimum absolute atomic E-state index is 0.0689. The lowest BCUT2D eigenvalue weighted by molar-refractivity contribution is 0.109. The first-order valence-corrected chi connectivity index (χ1v) is 4.75. The average molecular weight is 198 g/mol. The summed E-state index contributed by atoms with van der Waals surface area (Å²) in [6.07, 6.45) is 0.228. The summed E-state index contributed by atoms with van der Waals surface area (Å²) >= 11 is 0. The molecule has 0 radical (unpaired) electrons. The van der Waals surface area contributed by atoms with Gasteiger partial charge >= 0.3 is 0 Å². The molecule has 1 aromatic heterocycles. The minimum atomic E-state index is -0.520. The van der Waals surface area contributed by atoms with Crippen LogP contribution >= 0.6 is 0 Å². The van der Waals surface area contributed by atoms with E-state index in [2.05, 4.69) is 5.10 Å². The molecular formula is C9H14N2O3. The Kier molecular flexibility index (Phi) is 2.43. The van der Waals surface area contributed by atoms with Crippen LogP contribution in [0.1, 0.15) is 18.2 Å². The fraction of sp³-hybridized carbons (Fsp3) is 0.667. The van der Waals surface area contributed by atoms with Crippen molar-refractivity contribution >= 4 is 0 Å². The zero-order valence-electron chi connectivity index (χ0n) is 8.12. The maximum atomic E-state index is 11.7. The van der Waals surface area contributed by atoms with Crippen LogP contribution in [0.4, 0.5) is 0 Å². The van der Waals surface area contributed by atoms with Crippen LogP contribution in [0.5, 0.6) is 0 Å². The molecule has 5 heteroatoms. The van der Waals surface area contributed by atoms with Crippen molar-refractivity contribution in [1.82, 2.24) is 9.78 Å². The van der Waals surface area contributed by atoms with E-state index in [9.17, 15) is 9.90 Å². The number of nitrogens with one attached hydrogen (secondary N) is 1. The van der Waals surface area contributed by atoms with Gasteiger partial charge in [-0.1, -0.05) is 0 Å². The number of ether oxygens (including phenoxy) is 1. The average Bonchev–Trinajstić information content (AvgIpc) is 2.44. The summed E-state index contributed by atoms with van der Waals surface area (Å²) in [6, 6.07) is 0. The zero-order valence-corrected chi connectivity index (χ0v) is 8.12. The summed E-state index contributed by atoms with van der Waals surface area (Å²) in [4.78, 5) is 11.7. The Hall–Kier alpha value is -1.07. The molecule has 2 rings (SSSR count). The van der Waals surface area contributed by atoms with Gasteiger partial charge in [0.15, 0.2) is 0 Å². The van der Waals surface area contributed by atoms with E-state index in [0.29, 0.717) is 25.3 Å². The molecule has 1 atom stereocenters. The maximum Gasteiger partial charge on any atom is 0.272 e. The van der Waals surface area contributed by atoms with E-state index in [1.807, 2.05) is 0 Å². The molecule has 1 aliphatic heterocycles. The number of aromatic nitrogens is 2. The predicted molar refractivity (Wildman–Crippen MR) is 50.1 cm³/mol. The summed E-state index contributed by atoms with van der Waals surface area (Å²) in [6.45, 7) is 3.01. The number of nitrogens with zero attached hydrogens (tertiary/aromatic N) is 1. The third-order valence-electron chi connectivity index (χ3n) is 2.33. The van der Waals surface area contributed by atoms with Crippen LogP contribution in [0, 0.1) is 0 Å². The number of hydrogen-bond donors (Lipinski definition) is 2. The van der Waals surface area contributed by atoms with Gasteiger partial charge in [-0.25, -0.2) is 0 Å². The van der Waals surface area contributed by atoms with Gasteiger partial charge in [-0.2, -0.15) is 0 Å². The molecule has 14 heavy (non-hydrogen) atoms. The monoisotopic (exact) mass is 198 g/mol. The Labute approximate surface area is 81.3 Å². The highest BCUT2D eigenvalue weighted by Crippen LogP contribution is 2.10. The molecule has 0 bridgehead atoms. The Bertz CT molecular complexity index is 378. The molecule has 0 saturated heterocycles. The summed E-state index contributed by atoms with van der Waals surface area (Å²) in [5, 5.41) is 12.2. The second-order valence-corrected chi connectivity index (χ2v) is 3.64. The predicted octanol–water partition coefficient (Wildman–Crippen LogP) is -0.370. The molecule has 0 aliphatic carbocycles. The van der Waals surface area contributed by atoms with Gasteiger partial charge in [0.25, 0.3) is 5.56 Å². The van der Waals surface area contributed by atoms with Crippen LogP contribution in [0.15, 0.2) is 4.79 Å². The number of H-pyrrole nitrogens is 1. The van der Waals surface area contributed by atoms with E-state index in [4.69, 9.17) is 4.74 Å². The van der Waals surface area contributed by atoms with Crippen molar-refractivity contribution in [3.63, 3.8) is 0 Å². The number of aromatic amines is 1. The molecule has 1 unspecified atom stereocenters. The van der Waals surface area contributed by atoms with Crippen LogP contribution in [0.25, 0.3) is 0 Å². The van der Waals surface area contributed by atoms with Gasteiger partial charge in [0.1, 0.15) is 0 Å². The van der Waals surface area contributed by atoms with Gasteiger partial charge in [-0.05, 0) is 6.92 Å². The Balaban J connectivity index is 2.34. The van der Waals surface area contributed by atoms with Crippen molar-refractivity contribution in [2.75, 3.05) is 6.61 Å². The van der Waals surface area contributed by atoms with Crippen molar-refractivity contribution in [3.8, 4) is 0 Å². The summed E-state index contributed by atoms with van der Waals surface area (Å²) in [5.74, 6) is 0. The molecule has 0 spiro atoms. The number of rotatable bonds is 2. The van der Waals surface area contributed by atoms with Gasteiger partial charge in [-0.15, -0.1) is 0 Å². The van der Waals surface area contributed by atoms with E-state index in [-0.39, 0.29) is 5.56 Å². The third-order valence-corrected chi connectivity index (χ3v) is 2.33. The minimum Gasteiger partial charge on any atom is -0.391 e. The zero-order chi connectivity index (χ0) is 10.1. The third kappa shape index (κ3) is 1.60. The summed E-state index contributed by atoms with van der Waals surface area (Å²) < 4.78 is 6.65. The van der Waals surface area contributed by atoms with Gasteiger partial charge in [0, 0.05) is 12.1 Å². The lowest BCUT2D eigenvalue weighted by atomic mass is 10.2. The highest BCUT2D eigenvalue weighted by atomic mass is 16.5. The number of fused-ring (bicyclic) bond motifs is 1. The molecule has 1 aliphatic rings. The fourth-order valence-corrected chi connectivity index (χ4v) is 1.67. The smallest absolute Gasteiger partial charge is 0.272 e. The highest BCUT2D eigenvalue weighted by Gasteiger charge is 2.18. The molecule has 0 amide bonds. The molecule has 2 N–H and O–H groups in total. The number of hydrogen-bond acceptors (Lipinski definition) is 3. The van der Waals surface area contributed by atoms with Crippen LogP contribution in [-0.4, -0.2) is 27.6 Å². The molecule has 5 nitrogen and oxygen atoms in total. The largest absolute Gasteiger partial charge is 0.391 e. The topological polar surface area (TPSA) is 67.2 Å². The van der Waals surface area contributed by atoms with E-state index >= 15 is 0 Å². The van der Waals surface area contributed by atoms with Crippen LogP contribution in [0.3, 0.4) is 0 Å². The lowest BCUT2D eigenvalue weighted by Crippen LogP contribution is -2.25. The van der Waals surface area contributed by atoms with Gasteiger partial charge < -0.3 is 9.84 Å². The standard InChI is InChI=1S/C9H14N2O3/c1-6(12)4-11-9(13)7-5-14-3-2-8(7)10-11/h6,10,12H,2-5H2,1H3. The van der Waals surface area contributed by atoms with Crippen LogP contribution in [-0.2, 0) is 24.3 Å². The molecule has 1 aromatic rings.